The molecule has 0 radical (unpaired) electrons. The first kappa shape index (κ1) is 25.7. The first-order chi connectivity index (χ1) is 16.1. The Hall–Kier alpha value is -2.94. The van der Waals surface area contributed by atoms with E-state index in [-0.39, 0.29) is 21.5 Å². The average molecular weight is 505 g/mol. The Labute approximate surface area is 204 Å². The van der Waals surface area contributed by atoms with Crippen LogP contribution in [0.3, 0.4) is 0 Å². The Morgan fingerprint density at radius 3 is 2.32 bits per heavy atom. The maximum Gasteiger partial charge on any atom is 0.243 e. The molecular formula is C25H26ClFN2O4S. The van der Waals surface area contributed by atoms with Gasteiger partial charge in [0.05, 0.1) is 24.6 Å². The summed E-state index contributed by atoms with van der Waals surface area (Å²) in [6.07, 6.45) is 0. The lowest BCUT2D eigenvalue weighted by atomic mass is 10.1. The van der Waals surface area contributed by atoms with E-state index in [9.17, 15) is 17.6 Å². The normalized spacial score (nSPS) is 12.4. The van der Waals surface area contributed by atoms with Crippen LogP contribution in [0.2, 0.25) is 5.02 Å². The van der Waals surface area contributed by atoms with Gasteiger partial charge in [-0.1, -0.05) is 47.5 Å². The molecule has 1 N–H and O–H groups in total. The van der Waals surface area contributed by atoms with Gasteiger partial charge in [0.25, 0.3) is 0 Å². The molecule has 0 aromatic heterocycles. The zero-order chi connectivity index (χ0) is 24.9. The van der Waals surface area contributed by atoms with Crippen molar-refractivity contribution in [1.29, 1.82) is 0 Å². The van der Waals surface area contributed by atoms with Gasteiger partial charge >= 0.3 is 0 Å². The Morgan fingerprint density at radius 1 is 1.09 bits per heavy atom. The smallest absolute Gasteiger partial charge is 0.243 e. The molecule has 3 aromatic rings. The molecule has 1 atom stereocenters. The highest BCUT2D eigenvalue weighted by Gasteiger charge is 2.29. The Kier molecular flexibility index (Phi) is 8.30. The van der Waals surface area contributed by atoms with E-state index >= 15 is 0 Å². The zero-order valence-electron chi connectivity index (χ0n) is 19.1. The van der Waals surface area contributed by atoms with Gasteiger partial charge in [-0.25, -0.2) is 12.8 Å². The highest BCUT2D eigenvalue weighted by Crippen LogP contribution is 2.25. The number of methoxy groups -OCH3 is 1. The SMILES string of the molecule is COc1ccc(C(C)NC(=O)CN(Cc2c(F)cccc2Cl)S(=O)(=O)c2ccc(C)cc2)cc1. The zero-order valence-corrected chi connectivity index (χ0v) is 20.7. The van der Waals surface area contributed by atoms with E-state index < -0.39 is 34.8 Å². The molecule has 0 heterocycles. The molecule has 0 aliphatic rings. The van der Waals surface area contributed by atoms with Gasteiger partial charge in [0.1, 0.15) is 11.6 Å². The van der Waals surface area contributed by atoms with Crippen molar-refractivity contribution in [2.75, 3.05) is 13.7 Å². The number of hydrogen-bond acceptors (Lipinski definition) is 4. The van der Waals surface area contributed by atoms with Gasteiger partial charge in [0.2, 0.25) is 15.9 Å². The molecule has 0 bridgehead atoms. The number of ether oxygens (including phenoxy) is 1. The van der Waals surface area contributed by atoms with Crippen LogP contribution in [0.1, 0.15) is 29.7 Å². The molecule has 3 aromatic carbocycles. The van der Waals surface area contributed by atoms with Crippen LogP contribution in [0, 0.1) is 12.7 Å². The van der Waals surface area contributed by atoms with E-state index in [4.69, 9.17) is 16.3 Å². The first-order valence-electron chi connectivity index (χ1n) is 10.5. The number of carbonyl (C=O) groups is 1. The Bertz CT molecular complexity index is 1230. The fourth-order valence-electron chi connectivity index (χ4n) is 3.37. The number of nitrogens with zero attached hydrogens (tertiary/aromatic N) is 1. The van der Waals surface area contributed by atoms with Gasteiger partial charge in [-0.2, -0.15) is 4.31 Å². The Balaban J connectivity index is 1.86. The summed E-state index contributed by atoms with van der Waals surface area (Å²) in [7, 11) is -2.56. The monoisotopic (exact) mass is 504 g/mol. The molecule has 3 rings (SSSR count). The predicted molar refractivity (Wildman–Crippen MR) is 130 cm³/mol. The van der Waals surface area contributed by atoms with Crippen molar-refractivity contribution in [3.05, 3.63) is 94.3 Å². The van der Waals surface area contributed by atoms with Gasteiger partial charge in [0.15, 0.2) is 0 Å². The number of aryl methyl sites for hydroxylation is 1. The fraction of sp³-hybridized carbons (Fsp3) is 0.240. The van der Waals surface area contributed by atoms with Gasteiger partial charge < -0.3 is 10.1 Å². The van der Waals surface area contributed by atoms with E-state index in [1.807, 2.05) is 19.1 Å². The van der Waals surface area contributed by atoms with E-state index in [1.165, 1.54) is 30.3 Å². The lowest BCUT2D eigenvalue weighted by Gasteiger charge is -2.24. The molecule has 0 fully saturated rings. The summed E-state index contributed by atoms with van der Waals surface area (Å²) >= 11 is 6.14. The lowest BCUT2D eigenvalue weighted by molar-refractivity contribution is -0.122. The summed E-state index contributed by atoms with van der Waals surface area (Å²) in [6, 6.07) is 17.1. The maximum atomic E-state index is 14.5. The predicted octanol–water partition coefficient (Wildman–Crippen LogP) is 4.86. The van der Waals surface area contributed by atoms with Crippen LogP contribution in [0.5, 0.6) is 5.75 Å². The molecule has 1 amide bonds. The van der Waals surface area contributed by atoms with Crippen LogP contribution < -0.4 is 10.1 Å². The molecule has 0 aliphatic heterocycles. The molecule has 0 spiro atoms. The molecule has 0 saturated heterocycles. The number of halogens is 2. The Morgan fingerprint density at radius 2 is 1.74 bits per heavy atom. The van der Waals surface area contributed by atoms with Gasteiger partial charge in [0, 0.05) is 17.1 Å². The maximum absolute atomic E-state index is 14.5. The van der Waals surface area contributed by atoms with Crippen LogP contribution in [0.15, 0.2) is 71.6 Å². The minimum atomic E-state index is -4.12. The van der Waals surface area contributed by atoms with Crippen LogP contribution in [0.4, 0.5) is 4.39 Å². The summed E-state index contributed by atoms with van der Waals surface area (Å²) in [6.45, 7) is 2.71. The second kappa shape index (κ2) is 11.0. The molecule has 6 nitrogen and oxygen atoms in total. The number of amides is 1. The van der Waals surface area contributed by atoms with Crippen molar-refractivity contribution in [3.63, 3.8) is 0 Å². The molecule has 0 aliphatic carbocycles. The van der Waals surface area contributed by atoms with Crippen LogP contribution in [-0.4, -0.2) is 32.3 Å². The van der Waals surface area contributed by atoms with Crippen molar-refractivity contribution in [1.82, 2.24) is 9.62 Å². The fourth-order valence-corrected chi connectivity index (χ4v) is 4.96. The van der Waals surface area contributed by atoms with Crippen molar-refractivity contribution in [3.8, 4) is 5.75 Å². The van der Waals surface area contributed by atoms with Gasteiger partial charge in [-0.15, -0.1) is 0 Å². The number of benzene rings is 3. The van der Waals surface area contributed by atoms with E-state index in [0.29, 0.717) is 5.75 Å². The van der Waals surface area contributed by atoms with Crippen molar-refractivity contribution >= 4 is 27.5 Å². The standard InChI is InChI=1S/C25H26ClFN2O4S/c1-17-7-13-21(14-8-17)34(31,32)29(15-22-23(26)5-4-6-24(22)27)16-25(30)28-18(2)19-9-11-20(33-3)12-10-19/h4-14,18H,15-16H2,1-3H3,(H,28,30). The van der Waals surface area contributed by atoms with Crippen LogP contribution in [0.25, 0.3) is 0 Å². The summed E-state index contributed by atoms with van der Waals surface area (Å²) in [5.74, 6) is -0.505. The van der Waals surface area contributed by atoms with Crippen LogP contribution in [-0.2, 0) is 21.4 Å². The second-order valence-electron chi connectivity index (χ2n) is 7.85. The molecule has 0 saturated carbocycles. The number of nitrogens with one attached hydrogen (secondary N) is 1. The van der Waals surface area contributed by atoms with Crippen molar-refractivity contribution in [2.45, 2.75) is 31.3 Å². The quantitative estimate of drug-likeness (QED) is 0.451. The third kappa shape index (κ3) is 6.14. The van der Waals surface area contributed by atoms with E-state index in [2.05, 4.69) is 5.32 Å². The summed E-state index contributed by atoms with van der Waals surface area (Å²) in [4.78, 5) is 12.9. The van der Waals surface area contributed by atoms with Crippen molar-refractivity contribution < 1.29 is 22.3 Å². The lowest BCUT2D eigenvalue weighted by Crippen LogP contribution is -2.41. The molecule has 1 unspecified atom stereocenters. The first-order valence-corrected chi connectivity index (χ1v) is 12.4. The molecular weight excluding hydrogens is 479 g/mol. The molecule has 34 heavy (non-hydrogen) atoms. The highest BCUT2D eigenvalue weighted by molar-refractivity contribution is 7.89. The van der Waals surface area contributed by atoms with Gasteiger partial charge in [-0.3, -0.25) is 4.79 Å². The largest absolute Gasteiger partial charge is 0.497 e. The second-order valence-corrected chi connectivity index (χ2v) is 10.2. The number of hydrogen-bond donors (Lipinski definition) is 1. The van der Waals surface area contributed by atoms with Crippen LogP contribution >= 0.6 is 11.6 Å². The summed E-state index contributed by atoms with van der Waals surface area (Å²) in [5.41, 5.74) is 1.70. The van der Waals surface area contributed by atoms with Crippen molar-refractivity contribution in [2.24, 2.45) is 0 Å². The molecule has 9 heteroatoms. The topological polar surface area (TPSA) is 75.7 Å². The van der Waals surface area contributed by atoms with E-state index in [0.717, 1.165) is 15.4 Å². The summed E-state index contributed by atoms with van der Waals surface area (Å²) < 4.78 is 47.3. The number of carbonyl (C=O) groups excluding carboxylic acids is 1. The minimum absolute atomic E-state index is 0.00145. The number of sulfonamides is 1. The third-order valence-corrected chi connectivity index (χ3v) is 7.53. The van der Waals surface area contributed by atoms with E-state index in [1.54, 1.807) is 38.3 Å². The summed E-state index contributed by atoms with van der Waals surface area (Å²) in [5, 5.41) is 2.88. The molecule has 180 valence electrons. The highest BCUT2D eigenvalue weighted by atomic mass is 35.5. The average Bonchev–Trinajstić information content (AvgIpc) is 2.81. The number of rotatable bonds is 9. The minimum Gasteiger partial charge on any atom is -0.497 e. The van der Waals surface area contributed by atoms with Gasteiger partial charge in [-0.05, 0) is 55.8 Å². The third-order valence-electron chi connectivity index (χ3n) is 5.37.